The average molecular weight is 329 g/mol. The Morgan fingerprint density at radius 3 is 2.62 bits per heavy atom. The van der Waals surface area contributed by atoms with Crippen LogP contribution in [0.25, 0.3) is 0 Å². The van der Waals surface area contributed by atoms with Crippen molar-refractivity contribution in [3.05, 3.63) is 56.3 Å². The summed E-state index contributed by atoms with van der Waals surface area (Å²) in [5.74, 6) is 0.441. The van der Waals surface area contributed by atoms with Crippen molar-refractivity contribution in [2.45, 2.75) is 9.57 Å². The molecule has 16 heavy (non-hydrogen) atoms. The topological polar surface area (TPSA) is 0 Å². The standard InChI is InChI=1S/C12H9BrS3/c13-12(11-4-2-7-15-11)9(5-8-16-12)10-3-1-6-14-10/h1-9H/t9-,12+/m0/s1. The fourth-order valence-corrected chi connectivity index (χ4v) is 6.09. The van der Waals surface area contributed by atoms with Crippen LogP contribution in [0.3, 0.4) is 0 Å². The van der Waals surface area contributed by atoms with E-state index in [2.05, 4.69) is 62.4 Å². The number of allylic oxidation sites excluding steroid dienone is 1. The molecule has 0 aromatic carbocycles. The largest absolute Gasteiger partial charge is 0.148 e. The summed E-state index contributed by atoms with van der Waals surface area (Å²) in [7, 11) is 0. The molecule has 2 atom stereocenters. The third-order valence-corrected chi connectivity index (χ3v) is 7.56. The van der Waals surface area contributed by atoms with E-state index in [0.717, 1.165) is 0 Å². The molecule has 1 aliphatic rings. The third-order valence-electron chi connectivity index (χ3n) is 2.62. The Labute approximate surface area is 116 Å². The molecule has 4 heteroatoms. The Morgan fingerprint density at radius 1 is 1.12 bits per heavy atom. The van der Waals surface area contributed by atoms with Gasteiger partial charge in [-0.15, -0.1) is 34.4 Å². The minimum atomic E-state index is 0.00597. The first kappa shape index (κ1) is 11.1. The van der Waals surface area contributed by atoms with Crippen LogP contribution in [0, 0.1) is 0 Å². The van der Waals surface area contributed by atoms with Crippen molar-refractivity contribution >= 4 is 50.4 Å². The lowest BCUT2D eigenvalue weighted by molar-refractivity contribution is 0.817. The first-order chi connectivity index (χ1) is 7.81. The monoisotopic (exact) mass is 328 g/mol. The molecule has 3 rings (SSSR count). The molecule has 0 amide bonds. The number of rotatable bonds is 2. The lowest BCUT2D eigenvalue weighted by Gasteiger charge is -2.26. The van der Waals surface area contributed by atoms with Crippen molar-refractivity contribution in [1.29, 1.82) is 0 Å². The number of hydrogen-bond acceptors (Lipinski definition) is 3. The lowest BCUT2D eigenvalue weighted by Crippen LogP contribution is -2.16. The summed E-state index contributed by atoms with van der Waals surface area (Å²) in [6.07, 6.45) is 2.30. The van der Waals surface area contributed by atoms with Crippen LogP contribution in [0.1, 0.15) is 15.7 Å². The van der Waals surface area contributed by atoms with Crippen LogP contribution in [0.15, 0.2) is 46.5 Å². The van der Waals surface area contributed by atoms with Gasteiger partial charge in [0, 0.05) is 15.7 Å². The van der Waals surface area contributed by atoms with Crippen molar-refractivity contribution in [3.63, 3.8) is 0 Å². The fraction of sp³-hybridized carbons (Fsp3) is 0.167. The molecule has 1 aliphatic heterocycles. The summed E-state index contributed by atoms with van der Waals surface area (Å²) in [5.41, 5.74) is 0. The second-order valence-electron chi connectivity index (χ2n) is 3.56. The van der Waals surface area contributed by atoms with Gasteiger partial charge in [0.05, 0.1) is 0 Å². The molecule has 0 N–H and O–H groups in total. The van der Waals surface area contributed by atoms with Crippen LogP contribution in [0.2, 0.25) is 0 Å². The number of thioether (sulfide) groups is 1. The number of thiophene rings is 2. The summed E-state index contributed by atoms with van der Waals surface area (Å²) in [5, 5.41) is 6.50. The Bertz CT molecular complexity index is 486. The normalized spacial score (nSPS) is 28.7. The van der Waals surface area contributed by atoms with E-state index in [4.69, 9.17) is 0 Å². The molecule has 0 unspecified atom stereocenters. The highest BCUT2D eigenvalue weighted by Gasteiger charge is 2.42. The second kappa shape index (κ2) is 4.33. The van der Waals surface area contributed by atoms with E-state index in [1.807, 2.05) is 34.4 Å². The Morgan fingerprint density at radius 2 is 1.94 bits per heavy atom. The van der Waals surface area contributed by atoms with Crippen LogP contribution in [-0.2, 0) is 3.66 Å². The SMILES string of the molecule is Br[C@@]1(c2cccs2)SC=C[C@H]1c1cccs1. The van der Waals surface area contributed by atoms with E-state index in [0.29, 0.717) is 5.92 Å². The molecule has 82 valence electrons. The van der Waals surface area contributed by atoms with E-state index in [-0.39, 0.29) is 3.66 Å². The van der Waals surface area contributed by atoms with E-state index in [1.165, 1.54) is 9.75 Å². The van der Waals surface area contributed by atoms with Crippen LogP contribution in [0.4, 0.5) is 0 Å². The molecular weight excluding hydrogens is 320 g/mol. The maximum Gasteiger partial charge on any atom is 0.120 e. The summed E-state index contributed by atoms with van der Waals surface area (Å²) in [6, 6.07) is 8.67. The molecule has 0 spiro atoms. The molecule has 2 aromatic heterocycles. The minimum Gasteiger partial charge on any atom is -0.148 e. The molecule has 0 saturated carbocycles. The van der Waals surface area contributed by atoms with Crippen LogP contribution in [-0.4, -0.2) is 0 Å². The molecule has 0 fully saturated rings. The fourth-order valence-electron chi connectivity index (χ4n) is 1.84. The van der Waals surface area contributed by atoms with Gasteiger partial charge in [0.2, 0.25) is 0 Å². The van der Waals surface area contributed by atoms with E-state index in [9.17, 15) is 0 Å². The zero-order chi connectivity index (χ0) is 11.0. The maximum absolute atomic E-state index is 3.94. The number of alkyl halides is 1. The molecular formula is C12H9BrS3. The predicted molar refractivity (Wildman–Crippen MR) is 78.7 cm³/mol. The van der Waals surface area contributed by atoms with Gasteiger partial charge in [-0.2, -0.15) is 0 Å². The van der Waals surface area contributed by atoms with Crippen molar-refractivity contribution in [2.75, 3.05) is 0 Å². The van der Waals surface area contributed by atoms with Gasteiger partial charge in [-0.25, -0.2) is 0 Å². The minimum absolute atomic E-state index is 0.00597. The molecule has 0 bridgehead atoms. The van der Waals surface area contributed by atoms with Gasteiger partial charge in [0.1, 0.15) is 3.66 Å². The van der Waals surface area contributed by atoms with Gasteiger partial charge in [-0.05, 0) is 28.3 Å². The van der Waals surface area contributed by atoms with Crippen molar-refractivity contribution < 1.29 is 0 Å². The highest BCUT2D eigenvalue weighted by molar-refractivity contribution is 9.11. The van der Waals surface area contributed by atoms with Crippen LogP contribution < -0.4 is 0 Å². The van der Waals surface area contributed by atoms with Gasteiger partial charge in [-0.3, -0.25) is 0 Å². The van der Waals surface area contributed by atoms with Gasteiger partial charge in [0.25, 0.3) is 0 Å². The van der Waals surface area contributed by atoms with Crippen molar-refractivity contribution in [1.82, 2.24) is 0 Å². The Hall–Kier alpha value is -0.0300. The summed E-state index contributed by atoms with van der Waals surface area (Å²) < 4.78 is 0.00597. The first-order valence-electron chi connectivity index (χ1n) is 4.91. The van der Waals surface area contributed by atoms with Crippen molar-refractivity contribution in [3.8, 4) is 0 Å². The summed E-state index contributed by atoms with van der Waals surface area (Å²) >= 11 is 9.45. The van der Waals surface area contributed by atoms with Gasteiger partial charge in [-0.1, -0.05) is 34.1 Å². The molecule has 2 aromatic rings. The Kier molecular flexibility index (Phi) is 3.00. The first-order valence-corrected chi connectivity index (χ1v) is 8.35. The highest BCUT2D eigenvalue weighted by Crippen LogP contribution is 2.59. The maximum atomic E-state index is 3.94. The van der Waals surface area contributed by atoms with Crippen molar-refractivity contribution in [2.24, 2.45) is 0 Å². The Balaban J connectivity index is 2.03. The van der Waals surface area contributed by atoms with Crippen LogP contribution >= 0.6 is 50.4 Å². The zero-order valence-electron chi connectivity index (χ0n) is 8.30. The molecule has 0 radical (unpaired) electrons. The number of halogens is 1. The van der Waals surface area contributed by atoms with E-state index < -0.39 is 0 Å². The molecule has 0 aliphatic carbocycles. The second-order valence-corrected chi connectivity index (χ2v) is 8.42. The van der Waals surface area contributed by atoms with Gasteiger partial charge in [0.15, 0.2) is 0 Å². The molecule has 3 heterocycles. The summed E-state index contributed by atoms with van der Waals surface area (Å²) in [6.45, 7) is 0. The van der Waals surface area contributed by atoms with Gasteiger partial charge < -0.3 is 0 Å². The zero-order valence-corrected chi connectivity index (χ0v) is 12.3. The lowest BCUT2D eigenvalue weighted by atomic mass is 10.0. The highest BCUT2D eigenvalue weighted by atomic mass is 79.9. The van der Waals surface area contributed by atoms with Crippen LogP contribution in [0.5, 0.6) is 0 Å². The smallest absolute Gasteiger partial charge is 0.120 e. The van der Waals surface area contributed by atoms with E-state index >= 15 is 0 Å². The quantitative estimate of drug-likeness (QED) is 0.665. The summed E-state index contributed by atoms with van der Waals surface area (Å²) in [4.78, 5) is 2.81. The van der Waals surface area contributed by atoms with Gasteiger partial charge >= 0.3 is 0 Å². The molecule has 0 nitrogen and oxygen atoms in total. The number of hydrogen-bond donors (Lipinski definition) is 0. The van der Waals surface area contributed by atoms with E-state index in [1.54, 1.807) is 0 Å². The third kappa shape index (κ3) is 1.72. The molecule has 0 saturated heterocycles. The predicted octanol–water partition coefficient (Wildman–Crippen LogP) is 5.40. The average Bonchev–Trinajstić information content (AvgIpc) is 2.99.